The zero-order chi connectivity index (χ0) is 14.9. The van der Waals surface area contributed by atoms with E-state index in [1.165, 1.54) is 16.3 Å². The van der Waals surface area contributed by atoms with Crippen LogP contribution in [0.5, 0.6) is 0 Å². The molecule has 0 aliphatic carbocycles. The zero-order valence-corrected chi connectivity index (χ0v) is 12.3. The summed E-state index contributed by atoms with van der Waals surface area (Å²) in [5, 5.41) is 2.51. The van der Waals surface area contributed by atoms with Gasteiger partial charge in [0.1, 0.15) is 5.82 Å². The molecule has 1 aliphatic rings. The third kappa shape index (κ3) is 2.23. The highest BCUT2D eigenvalue weighted by Crippen LogP contribution is 2.29. The molecular formula is C18H15BN3. The van der Waals surface area contributed by atoms with Crippen LogP contribution in [0.1, 0.15) is 0 Å². The predicted octanol–water partition coefficient (Wildman–Crippen LogP) is 3.66. The van der Waals surface area contributed by atoms with Gasteiger partial charge in [-0.1, -0.05) is 42.5 Å². The molecule has 0 amide bonds. The first kappa shape index (κ1) is 13.0. The number of rotatable bonds is 2. The predicted molar refractivity (Wildman–Crippen MR) is 92.3 cm³/mol. The molecule has 3 aromatic rings. The summed E-state index contributed by atoms with van der Waals surface area (Å²) in [5.74, 6) is 0.921. The molecule has 4 rings (SSSR count). The Hall–Kier alpha value is -2.75. The Balaban J connectivity index is 1.72. The van der Waals surface area contributed by atoms with Gasteiger partial charge in [0.25, 0.3) is 0 Å². The molecule has 3 nitrogen and oxygen atoms in total. The van der Waals surface area contributed by atoms with Crippen molar-refractivity contribution < 1.29 is 0 Å². The van der Waals surface area contributed by atoms with Crippen molar-refractivity contribution in [3.63, 3.8) is 0 Å². The van der Waals surface area contributed by atoms with Crippen LogP contribution in [0.4, 0.5) is 5.82 Å². The first-order chi connectivity index (χ1) is 10.8. The van der Waals surface area contributed by atoms with Crippen LogP contribution < -0.4 is 4.81 Å². The van der Waals surface area contributed by atoms with Crippen LogP contribution in [0.3, 0.4) is 0 Å². The van der Waals surface area contributed by atoms with Crippen LogP contribution in [-0.4, -0.2) is 24.4 Å². The molecule has 0 saturated carbocycles. The maximum atomic E-state index is 4.60. The molecule has 0 atom stereocenters. The lowest BCUT2D eigenvalue weighted by molar-refractivity contribution is 0.746. The van der Waals surface area contributed by atoms with Crippen LogP contribution in [0.25, 0.3) is 21.9 Å². The van der Waals surface area contributed by atoms with Crippen LogP contribution in [0.15, 0.2) is 73.2 Å². The summed E-state index contributed by atoms with van der Waals surface area (Å²) in [6, 6.07) is 19.0. The van der Waals surface area contributed by atoms with E-state index < -0.39 is 0 Å². The average Bonchev–Trinajstić information content (AvgIpc) is 3.01. The fraction of sp³-hybridized carbons (Fsp3) is 0.0556. The fourth-order valence-corrected chi connectivity index (χ4v) is 2.76. The SMILES string of the molecule is CN1[B]N(c2ccc(-c3cccc4ccccc34)cn2)C=C1. The van der Waals surface area contributed by atoms with Gasteiger partial charge in [-0.3, -0.25) is 0 Å². The van der Waals surface area contributed by atoms with E-state index in [2.05, 4.69) is 59.6 Å². The van der Waals surface area contributed by atoms with E-state index in [1.54, 1.807) is 0 Å². The number of pyridine rings is 1. The second kappa shape index (κ2) is 5.22. The molecule has 0 bridgehead atoms. The van der Waals surface area contributed by atoms with E-state index >= 15 is 0 Å². The van der Waals surface area contributed by atoms with Crippen molar-refractivity contribution in [3.05, 3.63) is 73.2 Å². The summed E-state index contributed by atoms with van der Waals surface area (Å²) in [7, 11) is 4.00. The van der Waals surface area contributed by atoms with Crippen molar-refractivity contribution in [3.8, 4) is 11.1 Å². The first-order valence-electron chi connectivity index (χ1n) is 7.29. The fourth-order valence-electron chi connectivity index (χ4n) is 2.76. The summed E-state index contributed by atoms with van der Waals surface area (Å²) in [5.41, 5.74) is 2.35. The zero-order valence-electron chi connectivity index (χ0n) is 12.3. The smallest absolute Gasteiger partial charge is 0.396 e. The van der Waals surface area contributed by atoms with E-state index in [4.69, 9.17) is 0 Å². The van der Waals surface area contributed by atoms with Crippen LogP contribution in [-0.2, 0) is 0 Å². The van der Waals surface area contributed by atoms with Crippen LogP contribution >= 0.6 is 0 Å². The second-order valence-electron chi connectivity index (χ2n) is 5.42. The molecule has 105 valence electrons. The average molecular weight is 284 g/mol. The van der Waals surface area contributed by atoms with Crippen LogP contribution in [0.2, 0.25) is 0 Å². The van der Waals surface area contributed by atoms with Crippen molar-refractivity contribution in [2.45, 2.75) is 0 Å². The Labute approximate surface area is 130 Å². The molecule has 1 radical (unpaired) electrons. The largest absolute Gasteiger partial charge is 0.406 e. The maximum absolute atomic E-state index is 4.60. The molecule has 2 heterocycles. The maximum Gasteiger partial charge on any atom is 0.396 e. The Morgan fingerprint density at radius 2 is 1.77 bits per heavy atom. The topological polar surface area (TPSA) is 19.4 Å². The first-order valence-corrected chi connectivity index (χ1v) is 7.29. The minimum Gasteiger partial charge on any atom is -0.406 e. The number of benzene rings is 2. The van der Waals surface area contributed by atoms with E-state index in [1.807, 2.05) is 42.8 Å². The lowest BCUT2D eigenvalue weighted by atomic mass is 9.99. The standard InChI is InChI=1S/C18H15BN3/c1-21-11-12-22(19-21)18-10-9-15(13-20-18)17-8-4-6-14-5-2-3-7-16(14)17/h2-13H,1H3. The van der Waals surface area contributed by atoms with Crippen molar-refractivity contribution in [2.75, 3.05) is 11.9 Å². The summed E-state index contributed by atoms with van der Waals surface area (Å²) >= 11 is 0. The highest BCUT2D eigenvalue weighted by Gasteiger charge is 2.15. The van der Waals surface area contributed by atoms with Gasteiger partial charge in [-0.05, 0) is 35.5 Å². The molecule has 22 heavy (non-hydrogen) atoms. The number of anilines is 1. The minimum atomic E-state index is 0.921. The number of hydrogen-bond donors (Lipinski definition) is 0. The monoisotopic (exact) mass is 284 g/mol. The summed E-state index contributed by atoms with van der Waals surface area (Å²) in [6.45, 7) is 0. The highest BCUT2D eigenvalue weighted by atomic mass is 15.2. The Bertz CT molecular complexity index is 837. The molecular weight excluding hydrogens is 269 g/mol. The van der Waals surface area contributed by atoms with Gasteiger partial charge < -0.3 is 9.62 Å². The van der Waals surface area contributed by atoms with Gasteiger partial charge in [0, 0.05) is 24.2 Å². The van der Waals surface area contributed by atoms with Gasteiger partial charge in [0.2, 0.25) is 0 Å². The molecule has 0 saturated heterocycles. The summed E-state index contributed by atoms with van der Waals surface area (Å²) < 4.78 is 0. The number of aromatic nitrogens is 1. The molecule has 0 unspecified atom stereocenters. The van der Waals surface area contributed by atoms with E-state index in [-0.39, 0.29) is 0 Å². The van der Waals surface area contributed by atoms with Gasteiger partial charge >= 0.3 is 7.55 Å². The number of nitrogens with zero attached hydrogens (tertiary/aromatic N) is 3. The van der Waals surface area contributed by atoms with Crippen molar-refractivity contribution in [1.29, 1.82) is 0 Å². The molecule has 0 N–H and O–H groups in total. The van der Waals surface area contributed by atoms with Crippen molar-refractivity contribution in [2.24, 2.45) is 0 Å². The minimum absolute atomic E-state index is 0.921. The highest BCUT2D eigenvalue weighted by molar-refractivity contribution is 6.40. The van der Waals surface area contributed by atoms with Gasteiger partial charge in [0.05, 0.1) is 0 Å². The van der Waals surface area contributed by atoms with Crippen molar-refractivity contribution in [1.82, 2.24) is 9.79 Å². The molecule has 0 spiro atoms. The lowest BCUT2D eigenvalue weighted by Crippen LogP contribution is -2.26. The van der Waals surface area contributed by atoms with Crippen LogP contribution in [0, 0.1) is 0 Å². The Kier molecular flexibility index (Phi) is 3.08. The number of fused-ring (bicyclic) bond motifs is 1. The summed E-state index contributed by atoms with van der Waals surface area (Å²) in [6.07, 6.45) is 5.94. The van der Waals surface area contributed by atoms with Gasteiger partial charge in [0.15, 0.2) is 0 Å². The van der Waals surface area contributed by atoms with E-state index in [9.17, 15) is 0 Å². The molecule has 4 heteroatoms. The molecule has 1 aliphatic heterocycles. The molecule has 2 aromatic carbocycles. The Morgan fingerprint density at radius 3 is 2.55 bits per heavy atom. The normalized spacial score (nSPS) is 13.7. The van der Waals surface area contributed by atoms with E-state index in [0.717, 1.165) is 11.4 Å². The molecule has 0 fully saturated rings. The van der Waals surface area contributed by atoms with Gasteiger partial charge in [-0.25, -0.2) is 4.98 Å². The van der Waals surface area contributed by atoms with Gasteiger partial charge in [-0.2, -0.15) is 0 Å². The lowest BCUT2D eigenvalue weighted by Gasteiger charge is -2.15. The Morgan fingerprint density at radius 1 is 0.909 bits per heavy atom. The number of hydrogen-bond acceptors (Lipinski definition) is 3. The van der Waals surface area contributed by atoms with E-state index in [0.29, 0.717) is 0 Å². The summed E-state index contributed by atoms with van der Waals surface area (Å²) in [4.78, 5) is 8.60. The quantitative estimate of drug-likeness (QED) is 0.669. The second-order valence-corrected chi connectivity index (χ2v) is 5.42. The van der Waals surface area contributed by atoms with Crippen molar-refractivity contribution >= 4 is 24.1 Å². The molecule has 1 aromatic heterocycles. The third-order valence-electron chi connectivity index (χ3n) is 3.88. The van der Waals surface area contributed by atoms with Gasteiger partial charge in [-0.15, -0.1) is 0 Å². The third-order valence-corrected chi connectivity index (χ3v) is 3.88.